The number of amides is 1. The summed E-state index contributed by atoms with van der Waals surface area (Å²) in [5.41, 5.74) is 3.34. The minimum Gasteiger partial charge on any atom is -0.355 e. The molecule has 1 unspecified atom stereocenters. The number of nitrogens with one attached hydrogen (secondary N) is 1. The fraction of sp³-hybridized carbons (Fsp3) is 0.583. The maximum absolute atomic E-state index is 12.9. The quantitative estimate of drug-likeness (QED) is 0.630. The first kappa shape index (κ1) is 23.1. The van der Waals surface area contributed by atoms with Gasteiger partial charge in [0.1, 0.15) is 5.56 Å². The number of carbonyl (C=O) groups excluding carboxylic acids is 1. The van der Waals surface area contributed by atoms with E-state index in [2.05, 4.69) is 69.0 Å². The summed E-state index contributed by atoms with van der Waals surface area (Å²) in [4.78, 5) is 15.3. The van der Waals surface area contributed by atoms with Crippen LogP contribution in [0.2, 0.25) is 0 Å². The summed E-state index contributed by atoms with van der Waals surface area (Å²) in [6.45, 7) is 18.0. The zero-order valence-corrected chi connectivity index (χ0v) is 19.1. The molecule has 0 saturated heterocycles. The van der Waals surface area contributed by atoms with Crippen LogP contribution in [0.15, 0.2) is 28.8 Å². The largest absolute Gasteiger partial charge is 0.355 e. The molecular formula is C24H37N3O2. The number of benzene rings is 1. The van der Waals surface area contributed by atoms with Crippen molar-refractivity contribution in [2.45, 2.75) is 72.8 Å². The predicted octanol–water partition coefficient (Wildman–Crippen LogP) is 5.19. The highest BCUT2D eigenvalue weighted by Crippen LogP contribution is 2.29. The second-order valence-corrected chi connectivity index (χ2v) is 8.84. The third-order valence-electron chi connectivity index (χ3n) is 5.49. The van der Waals surface area contributed by atoms with E-state index in [0.29, 0.717) is 17.0 Å². The Balaban J connectivity index is 2.07. The molecule has 1 N–H and O–H groups in total. The van der Waals surface area contributed by atoms with Gasteiger partial charge in [-0.05, 0) is 57.3 Å². The van der Waals surface area contributed by atoms with Crippen molar-refractivity contribution < 1.29 is 9.32 Å². The molecule has 160 valence electrons. The molecule has 0 aliphatic heterocycles. The molecule has 0 radical (unpaired) electrons. The van der Waals surface area contributed by atoms with Crippen molar-refractivity contribution in [3.8, 4) is 11.3 Å². The number of rotatable bonds is 9. The van der Waals surface area contributed by atoms with Crippen molar-refractivity contribution in [3.05, 3.63) is 41.1 Å². The Hall–Kier alpha value is -2.14. The van der Waals surface area contributed by atoms with E-state index in [-0.39, 0.29) is 17.4 Å². The second-order valence-electron chi connectivity index (χ2n) is 8.84. The Bertz CT molecular complexity index is 783. The van der Waals surface area contributed by atoms with Gasteiger partial charge in [-0.2, -0.15) is 0 Å². The lowest BCUT2D eigenvalue weighted by Crippen LogP contribution is -2.34. The molecule has 5 heteroatoms. The Morgan fingerprint density at radius 3 is 2.34 bits per heavy atom. The van der Waals surface area contributed by atoms with Crippen LogP contribution in [0.4, 0.5) is 0 Å². The number of aromatic nitrogens is 1. The Morgan fingerprint density at radius 2 is 1.79 bits per heavy atom. The van der Waals surface area contributed by atoms with Crippen molar-refractivity contribution in [3.63, 3.8) is 0 Å². The van der Waals surface area contributed by atoms with E-state index in [4.69, 9.17) is 4.52 Å². The van der Waals surface area contributed by atoms with Gasteiger partial charge >= 0.3 is 0 Å². The first-order valence-electron chi connectivity index (χ1n) is 10.8. The highest BCUT2D eigenvalue weighted by Gasteiger charge is 2.23. The normalized spacial score (nSPS) is 13.0. The molecule has 2 aromatic rings. The van der Waals surface area contributed by atoms with Gasteiger partial charge in [0.15, 0.2) is 5.76 Å². The first-order chi connectivity index (χ1) is 13.7. The van der Waals surface area contributed by atoms with Gasteiger partial charge in [-0.1, -0.05) is 64.0 Å². The minimum atomic E-state index is -0.117. The third kappa shape index (κ3) is 6.17. The van der Waals surface area contributed by atoms with Crippen molar-refractivity contribution in [1.82, 2.24) is 15.4 Å². The van der Waals surface area contributed by atoms with Crippen LogP contribution in [-0.2, 0) is 5.41 Å². The summed E-state index contributed by atoms with van der Waals surface area (Å²) < 4.78 is 5.53. The number of nitrogens with zero attached hydrogens (tertiary/aromatic N) is 2. The van der Waals surface area contributed by atoms with Crippen molar-refractivity contribution in [2.75, 3.05) is 19.6 Å². The number of hydrogen-bond acceptors (Lipinski definition) is 4. The van der Waals surface area contributed by atoms with Gasteiger partial charge in [-0.15, -0.1) is 0 Å². The van der Waals surface area contributed by atoms with E-state index < -0.39 is 0 Å². The van der Waals surface area contributed by atoms with E-state index >= 15 is 0 Å². The fourth-order valence-electron chi connectivity index (χ4n) is 3.48. The molecule has 5 nitrogen and oxygen atoms in total. The highest BCUT2D eigenvalue weighted by molar-refractivity contribution is 6.00. The lowest BCUT2D eigenvalue weighted by atomic mass is 9.86. The SMILES string of the molecule is CCN(CC)CCCC(C)NC(=O)c1c(C)noc1-c1ccc(C(C)(C)C)cc1. The molecule has 0 aliphatic carbocycles. The maximum atomic E-state index is 12.9. The molecule has 1 heterocycles. The number of aryl methyl sites for hydroxylation is 1. The molecule has 0 saturated carbocycles. The van der Waals surface area contributed by atoms with Crippen molar-refractivity contribution in [1.29, 1.82) is 0 Å². The molecule has 0 spiro atoms. The predicted molar refractivity (Wildman–Crippen MR) is 119 cm³/mol. The molecule has 1 aromatic carbocycles. The van der Waals surface area contributed by atoms with Gasteiger partial charge < -0.3 is 14.7 Å². The molecule has 29 heavy (non-hydrogen) atoms. The molecule has 0 fully saturated rings. The van der Waals surface area contributed by atoms with Gasteiger partial charge in [0, 0.05) is 11.6 Å². The monoisotopic (exact) mass is 399 g/mol. The molecule has 0 bridgehead atoms. The Morgan fingerprint density at radius 1 is 1.17 bits per heavy atom. The summed E-state index contributed by atoms with van der Waals surface area (Å²) in [5.74, 6) is 0.421. The molecule has 1 aromatic heterocycles. The molecule has 2 rings (SSSR count). The number of carbonyl (C=O) groups is 1. The highest BCUT2D eigenvalue weighted by atomic mass is 16.5. The average Bonchev–Trinajstić information content (AvgIpc) is 3.06. The summed E-state index contributed by atoms with van der Waals surface area (Å²) in [5, 5.41) is 7.18. The van der Waals surface area contributed by atoms with Crippen LogP contribution in [0.1, 0.15) is 76.0 Å². The van der Waals surface area contributed by atoms with E-state index in [9.17, 15) is 4.79 Å². The standard InChI is InChI=1S/C24H37N3O2/c1-8-27(9-2)16-10-11-17(3)25-23(28)21-18(4)26-29-22(21)19-12-14-20(15-13-19)24(5,6)7/h12-15,17H,8-11,16H2,1-7H3,(H,25,28). The number of hydrogen-bond donors (Lipinski definition) is 1. The lowest BCUT2D eigenvalue weighted by Gasteiger charge is -2.20. The Labute approximate surface area is 175 Å². The molecule has 0 aliphatic rings. The minimum absolute atomic E-state index is 0.0800. The van der Waals surface area contributed by atoms with Crippen LogP contribution >= 0.6 is 0 Å². The molecule has 1 atom stereocenters. The van der Waals surface area contributed by atoms with Crippen LogP contribution in [-0.4, -0.2) is 41.6 Å². The van der Waals surface area contributed by atoms with Gasteiger partial charge in [-0.3, -0.25) is 4.79 Å². The van der Waals surface area contributed by atoms with E-state index in [1.807, 2.05) is 19.1 Å². The van der Waals surface area contributed by atoms with Gasteiger partial charge in [0.25, 0.3) is 5.91 Å². The smallest absolute Gasteiger partial charge is 0.257 e. The second kappa shape index (κ2) is 10.1. The van der Waals surface area contributed by atoms with Gasteiger partial charge in [0.2, 0.25) is 0 Å². The summed E-state index contributed by atoms with van der Waals surface area (Å²) in [7, 11) is 0. The first-order valence-corrected chi connectivity index (χ1v) is 10.8. The van der Waals surface area contributed by atoms with Crippen LogP contribution in [0, 0.1) is 6.92 Å². The Kier molecular flexibility index (Phi) is 8.03. The summed E-state index contributed by atoms with van der Waals surface area (Å²) >= 11 is 0. The van der Waals surface area contributed by atoms with Crippen molar-refractivity contribution in [2.24, 2.45) is 0 Å². The fourth-order valence-corrected chi connectivity index (χ4v) is 3.48. The van der Waals surface area contributed by atoms with Crippen LogP contribution < -0.4 is 5.32 Å². The molecule has 1 amide bonds. The zero-order chi connectivity index (χ0) is 21.6. The van der Waals surface area contributed by atoms with Crippen LogP contribution in [0.3, 0.4) is 0 Å². The maximum Gasteiger partial charge on any atom is 0.257 e. The summed E-state index contributed by atoms with van der Waals surface area (Å²) in [6, 6.07) is 8.29. The molecular weight excluding hydrogens is 362 g/mol. The lowest BCUT2D eigenvalue weighted by molar-refractivity contribution is 0.0937. The topological polar surface area (TPSA) is 58.4 Å². The van der Waals surface area contributed by atoms with E-state index in [1.54, 1.807) is 0 Å². The van der Waals surface area contributed by atoms with E-state index in [1.165, 1.54) is 5.56 Å². The van der Waals surface area contributed by atoms with Crippen LogP contribution in [0.25, 0.3) is 11.3 Å². The average molecular weight is 400 g/mol. The van der Waals surface area contributed by atoms with Gasteiger partial charge in [-0.25, -0.2) is 0 Å². The third-order valence-corrected chi connectivity index (χ3v) is 5.49. The summed E-state index contributed by atoms with van der Waals surface area (Å²) in [6.07, 6.45) is 2.01. The zero-order valence-electron chi connectivity index (χ0n) is 19.1. The van der Waals surface area contributed by atoms with Gasteiger partial charge in [0.05, 0.1) is 5.69 Å². The van der Waals surface area contributed by atoms with Crippen LogP contribution in [0.5, 0.6) is 0 Å². The van der Waals surface area contributed by atoms with E-state index in [0.717, 1.165) is 38.0 Å². The van der Waals surface area contributed by atoms with Crippen molar-refractivity contribution >= 4 is 5.91 Å².